The number of benzene rings is 2. The molecule has 0 spiro atoms. The average molecular weight is 425 g/mol. The molecule has 0 radical (unpaired) electrons. The molecule has 31 heavy (non-hydrogen) atoms. The summed E-state index contributed by atoms with van der Waals surface area (Å²) >= 11 is 0. The van der Waals surface area contributed by atoms with Crippen LogP contribution in [0, 0.1) is 6.92 Å². The summed E-state index contributed by atoms with van der Waals surface area (Å²) in [5, 5.41) is 53.8. The minimum Gasteiger partial charge on any atom is -0.394 e. The molecule has 0 aliphatic carbocycles. The van der Waals surface area contributed by atoms with E-state index in [-0.39, 0.29) is 0 Å². The first-order chi connectivity index (χ1) is 14.8. The van der Waals surface area contributed by atoms with Gasteiger partial charge >= 0.3 is 0 Å². The fourth-order valence-electron chi connectivity index (χ4n) is 4.31. The van der Waals surface area contributed by atoms with Crippen molar-refractivity contribution in [1.82, 2.24) is 5.32 Å². The lowest BCUT2D eigenvalue weighted by molar-refractivity contribution is -0.250. The van der Waals surface area contributed by atoms with Crippen molar-refractivity contribution < 1.29 is 30.3 Å². The number of hydrogen-bond acceptors (Lipinski definition) is 7. The number of ether oxygens (including phenoxy) is 1. The lowest BCUT2D eigenvalue weighted by Crippen LogP contribution is -2.59. The Bertz CT molecular complexity index is 1020. The Morgan fingerprint density at radius 2 is 1.81 bits per heavy atom. The van der Waals surface area contributed by atoms with Crippen LogP contribution in [0.15, 0.2) is 49.2 Å². The van der Waals surface area contributed by atoms with E-state index in [1.807, 2.05) is 49.5 Å². The first-order valence-electron chi connectivity index (χ1n) is 10.2. The van der Waals surface area contributed by atoms with Gasteiger partial charge in [0.25, 0.3) is 0 Å². The lowest BCUT2D eigenvalue weighted by atomic mass is 9.87. The molecule has 6 atom stereocenters. The maximum absolute atomic E-state index is 10.9. The molecule has 164 valence electrons. The van der Waals surface area contributed by atoms with Crippen LogP contribution < -0.4 is 5.32 Å². The monoisotopic (exact) mass is 425 g/mol. The van der Waals surface area contributed by atoms with Crippen molar-refractivity contribution in [2.75, 3.05) is 6.61 Å². The number of fused-ring (bicyclic) bond motifs is 1. The topological polar surface area (TPSA) is 122 Å². The van der Waals surface area contributed by atoms with Gasteiger partial charge in [-0.3, -0.25) is 0 Å². The van der Waals surface area contributed by atoms with Gasteiger partial charge in [-0.25, -0.2) is 0 Å². The van der Waals surface area contributed by atoms with Crippen molar-refractivity contribution in [2.24, 2.45) is 0 Å². The Morgan fingerprint density at radius 1 is 1.06 bits per heavy atom. The maximum atomic E-state index is 10.9. The molecule has 7 nitrogen and oxygen atoms in total. The molecule has 1 fully saturated rings. The second-order valence-corrected chi connectivity index (χ2v) is 8.03. The van der Waals surface area contributed by atoms with E-state index in [0.29, 0.717) is 5.56 Å². The SMILES string of the molecule is C=C1NC=Cc2c1cccc2-c1ccc([C@@H](O)[C@H]2OC(CO)[C@@H](O)[C@H](O)C2O)c(C)c1. The van der Waals surface area contributed by atoms with Crippen molar-refractivity contribution in [3.63, 3.8) is 0 Å². The van der Waals surface area contributed by atoms with Crippen LogP contribution in [0.1, 0.15) is 28.4 Å². The second kappa shape index (κ2) is 8.55. The van der Waals surface area contributed by atoms with Crippen molar-refractivity contribution in [1.29, 1.82) is 0 Å². The standard InChI is InChI=1S/C24H27NO6/c1-12-10-14(17-5-3-4-16-13(2)25-9-8-18(16)17)6-7-15(12)20(27)24-23(30)22(29)21(28)19(11-26)31-24/h3-10,19-30H,2,11H2,1H3/t19?,20-,21-,22+,23?,24-/m1/s1. The van der Waals surface area contributed by atoms with E-state index in [1.165, 1.54) is 0 Å². The molecule has 0 bridgehead atoms. The van der Waals surface area contributed by atoms with Crippen LogP contribution in [0.5, 0.6) is 0 Å². The summed E-state index contributed by atoms with van der Waals surface area (Å²) < 4.78 is 5.52. The molecule has 7 heteroatoms. The molecule has 0 amide bonds. The van der Waals surface area contributed by atoms with Gasteiger partial charge in [0.2, 0.25) is 0 Å². The number of nitrogens with one attached hydrogen (secondary N) is 1. The molecule has 2 heterocycles. The molecule has 4 rings (SSSR count). The zero-order valence-electron chi connectivity index (χ0n) is 17.1. The Morgan fingerprint density at radius 3 is 2.52 bits per heavy atom. The highest BCUT2D eigenvalue weighted by Crippen LogP contribution is 2.36. The Hall–Kier alpha value is -2.52. The third-order valence-electron chi connectivity index (χ3n) is 6.08. The van der Waals surface area contributed by atoms with E-state index < -0.39 is 43.2 Å². The van der Waals surface area contributed by atoms with Crippen LogP contribution >= 0.6 is 0 Å². The molecule has 2 unspecified atom stereocenters. The molecular weight excluding hydrogens is 398 g/mol. The minimum absolute atomic E-state index is 0.527. The molecule has 2 aliphatic heterocycles. The van der Waals surface area contributed by atoms with Gasteiger partial charge in [-0.15, -0.1) is 0 Å². The summed E-state index contributed by atoms with van der Waals surface area (Å²) in [4.78, 5) is 0. The van der Waals surface area contributed by atoms with Gasteiger partial charge in [0.1, 0.15) is 36.6 Å². The van der Waals surface area contributed by atoms with Crippen molar-refractivity contribution in [3.8, 4) is 11.1 Å². The first kappa shape index (κ1) is 21.7. The Labute approximate surface area is 180 Å². The quantitative estimate of drug-likeness (QED) is 0.433. The van der Waals surface area contributed by atoms with Crippen molar-refractivity contribution >= 4 is 11.8 Å². The summed E-state index contributed by atoms with van der Waals surface area (Å²) in [6, 6.07) is 11.6. The van der Waals surface area contributed by atoms with Gasteiger partial charge < -0.3 is 35.6 Å². The third kappa shape index (κ3) is 3.80. The predicted octanol–water partition coefficient (Wildman–Crippen LogP) is 1.08. The summed E-state index contributed by atoms with van der Waals surface area (Å²) in [6.07, 6.45) is -4.18. The van der Waals surface area contributed by atoms with E-state index in [9.17, 15) is 25.5 Å². The largest absolute Gasteiger partial charge is 0.394 e. The third-order valence-corrected chi connectivity index (χ3v) is 6.08. The van der Waals surface area contributed by atoms with Crippen LogP contribution in [-0.4, -0.2) is 62.7 Å². The summed E-state index contributed by atoms with van der Waals surface area (Å²) in [6.45, 7) is 5.34. The van der Waals surface area contributed by atoms with Gasteiger partial charge in [-0.1, -0.05) is 43.0 Å². The summed E-state index contributed by atoms with van der Waals surface area (Å²) in [5.74, 6) is 0. The van der Waals surface area contributed by atoms with Crippen LogP contribution in [0.3, 0.4) is 0 Å². The number of rotatable bonds is 4. The minimum atomic E-state index is -1.53. The second-order valence-electron chi connectivity index (χ2n) is 8.03. The number of aryl methyl sites for hydroxylation is 1. The van der Waals surface area contributed by atoms with Crippen LogP contribution in [0.25, 0.3) is 22.9 Å². The molecular formula is C24H27NO6. The van der Waals surface area contributed by atoms with Crippen LogP contribution in [0.2, 0.25) is 0 Å². The Balaban J connectivity index is 1.65. The van der Waals surface area contributed by atoms with E-state index in [1.54, 1.807) is 6.07 Å². The van der Waals surface area contributed by atoms with Gasteiger partial charge in [0, 0.05) is 17.5 Å². The molecule has 0 aromatic heterocycles. The predicted molar refractivity (Wildman–Crippen MR) is 117 cm³/mol. The Kier molecular flexibility index (Phi) is 5.98. The first-order valence-corrected chi connectivity index (χ1v) is 10.2. The highest BCUT2D eigenvalue weighted by atomic mass is 16.6. The van der Waals surface area contributed by atoms with Gasteiger partial charge in [-0.2, -0.15) is 0 Å². The smallest absolute Gasteiger partial charge is 0.117 e. The molecule has 2 aromatic rings. The summed E-state index contributed by atoms with van der Waals surface area (Å²) in [7, 11) is 0. The van der Waals surface area contributed by atoms with Crippen LogP contribution in [0.4, 0.5) is 0 Å². The van der Waals surface area contributed by atoms with Gasteiger partial charge in [0.15, 0.2) is 0 Å². The highest BCUT2D eigenvalue weighted by molar-refractivity contribution is 5.86. The van der Waals surface area contributed by atoms with Crippen LogP contribution in [-0.2, 0) is 4.74 Å². The number of aliphatic hydroxyl groups is 5. The fourth-order valence-corrected chi connectivity index (χ4v) is 4.31. The lowest BCUT2D eigenvalue weighted by Gasteiger charge is -2.42. The number of hydrogen-bond donors (Lipinski definition) is 6. The average Bonchev–Trinajstić information content (AvgIpc) is 2.77. The highest BCUT2D eigenvalue weighted by Gasteiger charge is 2.46. The van der Waals surface area contributed by atoms with Gasteiger partial charge in [0.05, 0.1) is 6.61 Å². The van der Waals surface area contributed by atoms with Crippen molar-refractivity contribution in [2.45, 2.75) is 43.5 Å². The zero-order valence-corrected chi connectivity index (χ0v) is 17.1. The molecule has 2 aromatic carbocycles. The maximum Gasteiger partial charge on any atom is 0.117 e. The van der Waals surface area contributed by atoms with E-state index in [4.69, 9.17) is 4.74 Å². The van der Waals surface area contributed by atoms with Gasteiger partial charge in [-0.05, 0) is 40.8 Å². The fraction of sp³-hybridized carbons (Fsp3) is 0.333. The zero-order chi connectivity index (χ0) is 22.3. The van der Waals surface area contributed by atoms with E-state index >= 15 is 0 Å². The van der Waals surface area contributed by atoms with E-state index in [2.05, 4.69) is 11.9 Å². The number of aliphatic hydroxyl groups excluding tert-OH is 5. The van der Waals surface area contributed by atoms with E-state index in [0.717, 1.165) is 33.5 Å². The molecule has 6 N–H and O–H groups in total. The molecule has 1 saturated heterocycles. The normalized spacial score (nSPS) is 28.7. The summed E-state index contributed by atoms with van der Waals surface area (Å²) in [5.41, 5.74) is 6.17. The molecule has 0 saturated carbocycles. The van der Waals surface area contributed by atoms with Crippen molar-refractivity contribution in [3.05, 3.63) is 71.4 Å². The molecule has 2 aliphatic rings.